The maximum atomic E-state index is 13.3. The highest BCUT2D eigenvalue weighted by molar-refractivity contribution is 7.89. The van der Waals surface area contributed by atoms with Gasteiger partial charge in [-0.25, -0.2) is 8.42 Å². The second kappa shape index (κ2) is 10.2. The number of hydrogen-bond donors (Lipinski definition) is 1. The van der Waals surface area contributed by atoms with Crippen LogP contribution >= 0.6 is 0 Å². The topological polar surface area (TPSA) is 75.7 Å². The minimum absolute atomic E-state index is 0.198. The quantitative estimate of drug-likeness (QED) is 0.515. The Labute approximate surface area is 195 Å². The van der Waals surface area contributed by atoms with Crippen molar-refractivity contribution in [1.82, 2.24) is 4.31 Å². The van der Waals surface area contributed by atoms with Crippen LogP contribution in [0.15, 0.2) is 77.7 Å². The highest BCUT2D eigenvalue weighted by Crippen LogP contribution is 2.26. The molecule has 6 nitrogen and oxygen atoms in total. The van der Waals surface area contributed by atoms with E-state index in [-0.39, 0.29) is 10.8 Å². The summed E-state index contributed by atoms with van der Waals surface area (Å²) in [6.45, 7) is 2.81. The highest BCUT2D eigenvalue weighted by Gasteiger charge is 2.27. The summed E-state index contributed by atoms with van der Waals surface area (Å²) in [6.07, 6.45) is 3.82. The zero-order valence-corrected chi connectivity index (χ0v) is 19.5. The van der Waals surface area contributed by atoms with Gasteiger partial charge in [-0.05, 0) is 73.9 Å². The average molecular weight is 465 g/mol. The third-order valence-corrected chi connectivity index (χ3v) is 7.76. The van der Waals surface area contributed by atoms with Gasteiger partial charge >= 0.3 is 0 Å². The lowest BCUT2D eigenvalue weighted by atomic mass is 10.1. The van der Waals surface area contributed by atoms with E-state index in [2.05, 4.69) is 5.32 Å². The minimum atomic E-state index is -3.64. The van der Waals surface area contributed by atoms with Crippen molar-refractivity contribution in [1.29, 1.82) is 0 Å². The van der Waals surface area contributed by atoms with Gasteiger partial charge in [-0.2, -0.15) is 4.31 Å². The van der Waals surface area contributed by atoms with Crippen LogP contribution in [0.1, 0.15) is 41.6 Å². The van der Waals surface area contributed by atoms with E-state index in [1.807, 2.05) is 30.3 Å². The van der Waals surface area contributed by atoms with Crippen LogP contribution in [0.4, 0.5) is 5.69 Å². The van der Waals surface area contributed by atoms with Crippen molar-refractivity contribution in [2.75, 3.05) is 18.4 Å². The number of anilines is 1. The second-order valence-electron chi connectivity index (χ2n) is 8.19. The number of hydrogen-bond acceptors (Lipinski definition) is 4. The molecule has 33 heavy (non-hydrogen) atoms. The van der Waals surface area contributed by atoms with Gasteiger partial charge in [0.15, 0.2) is 0 Å². The van der Waals surface area contributed by atoms with Crippen molar-refractivity contribution in [2.45, 2.75) is 37.5 Å². The Morgan fingerprint density at radius 2 is 1.48 bits per heavy atom. The summed E-state index contributed by atoms with van der Waals surface area (Å²) in [5.41, 5.74) is 1.54. The number of ether oxygens (including phenoxy) is 1. The van der Waals surface area contributed by atoms with Crippen molar-refractivity contribution in [3.8, 4) is 11.5 Å². The SMILES string of the molecule is Cc1ccc(C(=O)Nc2ccc(Oc3ccccc3)cc2)cc1S(=O)(=O)N1CCCCCC1. The van der Waals surface area contributed by atoms with Gasteiger partial charge in [0.05, 0.1) is 4.90 Å². The standard InChI is InChI=1S/C26H28N2O4S/c1-20-11-12-21(19-25(20)33(30,31)28-17-7-2-3-8-18-28)26(29)27-22-13-15-24(16-14-22)32-23-9-5-4-6-10-23/h4-6,9-16,19H,2-3,7-8,17-18H2,1H3,(H,27,29). The number of carbonyl (C=O) groups is 1. The Kier molecular flexibility index (Phi) is 7.11. The molecule has 1 saturated heterocycles. The van der Waals surface area contributed by atoms with Gasteiger partial charge in [-0.3, -0.25) is 4.79 Å². The van der Waals surface area contributed by atoms with Crippen molar-refractivity contribution in [3.05, 3.63) is 83.9 Å². The van der Waals surface area contributed by atoms with E-state index in [1.165, 1.54) is 6.07 Å². The molecule has 4 rings (SSSR count). The van der Waals surface area contributed by atoms with Crippen LogP contribution in [0.2, 0.25) is 0 Å². The zero-order valence-electron chi connectivity index (χ0n) is 18.7. The molecular formula is C26H28N2O4S. The molecule has 0 atom stereocenters. The predicted octanol–water partition coefficient (Wildman–Crippen LogP) is 5.60. The van der Waals surface area contributed by atoms with Gasteiger partial charge in [-0.15, -0.1) is 0 Å². The lowest BCUT2D eigenvalue weighted by molar-refractivity contribution is 0.102. The van der Waals surface area contributed by atoms with E-state index in [9.17, 15) is 13.2 Å². The first-order chi connectivity index (χ1) is 15.9. The monoisotopic (exact) mass is 464 g/mol. The molecule has 7 heteroatoms. The molecule has 0 saturated carbocycles. The summed E-state index contributed by atoms with van der Waals surface area (Å²) in [5.74, 6) is 1.02. The van der Waals surface area contributed by atoms with Gasteiger partial charge in [0.2, 0.25) is 10.0 Å². The average Bonchev–Trinajstić information content (AvgIpc) is 3.11. The Balaban J connectivity index is 1.48. The third-order valence-electron chi connectivity index (χ3n) is 5.72. The Hall–Kier alpha value is -3.16. The summed E-state index contributed by atoms with van der Waals surface area (Å²) in [5, 5.41) is 2.83. The number of carbonyl (C=O) groups excluding carboxylic acids is 1. The molecule has 0 aliphatic carbocycles. The van der Waals surface area contributed by atoms with Gasteiger partial charge in [0.25, 0.3) is 5.91 Å². The van der Waals surface area contributed by atoms with Crippen LogP contribution in [0.3, 0.4) is 0 Å². The van der Waals surface area contributed by atoms with E-state index < -0.39 is 10.0 Å². The normalized spacial score (nSPS) is 14.9. The smallest absolute Gasteiger partial charge is 0.255 e. The molecule has 0 spiro atoms. The number of nitrogens with one attached hydrogen (secondary N) is 1. The summed E-state index contributed by atoms with van der Waals surface area (Å²) in [6, 6.07) is 21.3. The molecule has 3 aromatic carbocycles. The van der Waals surface area contributed by atoms with E-state index in [0.717, 1.165) is 31.4 Å². The largest absolute Gasteiger partial charge is 0.457 e. The number of amides is 1. The zero-order chi connectivity index (χ0) is 23.3. The van der Waals surface area contributed by atoms with Crippen LogP contribution in [0.5, 0.6) is 11.5 Å². The summed E-state index contributed by atoms with van der Waals surface area (Å²) < 4.78 is 33.8. The van der Waals surface area contributed by atoms with Crippen LogP contribution < -0.4 is 10.1 Å². The number of benzene rings is 3. The van der Waals surface area contributed by atoms with E-state index >= 15 is 0 Å². The van der Waals surface area contributed by atoms with Gasteiger partial charge in [0, 0.05) is 24.3 Å². The summed E-state index contributed by atoms with van der Waals surface area (Å²) in [4.78, 5) is 13.1. The lowest BCUT2D eigenvalue weighted by Gasteiger charge is -2.21. The van der Waals surface area contributed by atoms with Crippen LogP contribution in [-0.4, -0.2) is 31.7 Å². The molecule has 172 valence electrons. The first-order valence-electron chi connectivity index (χ1n) is 11.2. The molecule has 1 aliphatic heterocycles. The molecule has 3 aromatic rings. The van der Waals surface area contributed by atoms with Gasteiger partial charge in [-0.1, -0.05) is 37.1 Å². The second-order valence-corrected chi connectivity index (χ2v) is 10.1. The van der Waals surface area contributed by atoms with E-state index in [4.69, 9.17) is 4.74 Å². The molecular weight excluding hydrogens is 436 g/mol. The van der Waals surface area contributed by atoms with Crippen molar-refractivity contribution in [2.24, 2.45) is 0 Å². The number of aryl methyl sites for hydroxylation is 1. The van der Waals surface area contributed by atoms with E-state index in [1.54, 1.807) is 47.6 Å². The lowest BCUT2D eigenvalue weighted by Crippen LogP contribution is -2.32. The number of rotatable bonds is 6. The van der Waals surface area contributed by atoms with Crippen LogP contribution in [0, 0.1) is 6.92 Å². The highest BCUT2D eigenvalue weighted by atomic mass is 32.2. The van der Waals surface area contributed by atoms with Gasteiger partial charge < -0.3 is 10.1 Å². The number of para-hydroxylation sites is 1. The molecule has 0 unspecified atom stereocenters. The van der Waals surface area contributed by atoms with Crippen molar-refractivity contribution >= 4 is 21.6 Å². The van der Waals surface area contributed by atoms with Crippen molar-refractivity contribution < 1.29 is 17.9 Å². The maximum Gasteiger partial charge on any atom is 0.255 e. The fourth-order valence-corrected chi connectivity index (χ4v) is 5.64. The molecule has 0 bridgehead atoms. The summed E-state index contributed by atoms with van der Waals surface area (Å²) in [7, 11) is -3.64. The number of sulfonamides is 1. The fraction of sp³-hybridized carbons (Fsp3) is 0.269. The minimum Gasteiger partial charge on any atom is -0.457 e. The van der Waals surface area contributed by atoms with Crippen molar-refractivity contribution in [3.63, 3.8) is 0 Å². The molecule has 0 radical (unpaired) electrons. The fourth-order valence-electron chi connectivity index (χ4n) is 3.87. The molecule has 1 heterocycles. The molecule has 1 N–H and O–H groups in total. The van der Waals surface area contributed by atoms with Crippen LogP contribution in [0.25, 0.3) is 0 Å². The van der Waals surface area contributed by atoms with Crippen LogP contribution in [-0.2, 0) is 10.0 Å². The predicted molar refractivity (Wildman–Crippen MR) is 129 cm³/mol. The molecule has 1 aliphatic rings. The number of nitrogens with zero attached hydrogens (tertiary/aromatic N) is 1. The summed E-state index contributed by atoms with van der Waals surface area (Å²) >= 11 is 0. The Morgan fingerprint density at radius 3 is 2.15 bits per heavy atom. The van der Waals surface area contributed by atoms with E-state index in [0.29, 0.717) is 35.7 Å². The molecule has 1 amide bonds. The third kappa shape index (κ3) is 5.61. The Bertz CT molecular complexity index is 1200. The molecule has 1 fully saturated rings. The first kappa shape index (κ1) is 23.0. The van der Waals surface area contributed by atoms with Gasteiger partial charge in [0.1, 0.15) is 11.5 Å². The Morgan fingerprint density at radius 1 is 0.848 bits per heavy atom. The first-order valence-corrected chi connectivity index (χ1v) is 12.6. The molecule has 0 aromatic heterocycles. The maximum absolute atomic E-state index is 13.3.